The molecule has 0 spiro atoms. The third-order valence-electron chi connectivity index (χ3n) is 3.15. The lowest BCUT2D eigenvalue weighted by Gasteiger charge is -2.32. The van der Waals surface area contributed by atoms with Crippen molar-refractivity contribution >= 4 is 17.7 Å². The monoisotopic (exact) mass is 263 g/mol. The van der Waals surface area contributed by atoms with E-state index in [0.717, 1.165) is 13.1 Å². The van der Waals surface area contributed by atoms with E-state index in [1.165, 1.54) is 0 Å². The van der Waals surface area contributed by atoms with E-state index < -0.39 is 6.09 Å². The molecule has 102 valence electrons. The number of rotatable bonds is 2. The highest BCUT2D eigenvalue weighted by atomic mass is 16.4. The summed E-state index contributed by atoms with van der Waals surface area (Å²) >= 11 is 0. The molecule has 2 amide bonds. The Morgan fingerprint density at radius 3 is 2.53 bits per heavy atom. The zero-order valence-electron chi connectivity index (χ0n) is 10.8. The van der Waals surface area contributed by atoms with Gasteiger partial charge in [-0.3, -0.25) is 10.1 Å². The molecule has 1 aliphatic rings. The van der Waals surface area contributed by atoms with Crippen LogP contribution in [0.15, 0.2) is 24.3 Å². The molecule has 0 bridgehead atoms. The Bertz CT molecular complexity index is 482. The number of piperazine rings is 1. The Labute approximate surface area is 111 Å². The number of amides is 2. The molecule has 1 aromatic carbocycles. The SMILES string of the molecule is CN1CCN(C(=O)c2cccc(NC(=O)O)c2)CC1. The van der Waals surface area contributed by atoms with E-state index in [0.29, 0.717) is 24.3 Å². The average Bonchev–Trinajstić information content (AvgIpc) is 2.38. The van der Waals surface area contributed by atoms with Gasteiger partial charge in [-0.15, -0.1) is 0 Å². The fourth-order valence-electron chi connectivity index (χ4n) is 2.05. The molecule has 19 heavy (non-hydrogen) atoms. The molecular weight excluding hydrogens is 246 g/mol. The van der Waals surface area contributed by atoms with Gasteiger partial charge in [-0.2, -0.15) is 0 Å². The van der Waals surface area contributed by atoms with E-state index in [2.05, 4.69) is 10.2 Å². The first-order valence-electron chi connectivity index (χ1n) is 6.14. The second kappa shape index (κ2) is 5.71. The molecular formula is C13H17N3O3. The van der Waals surface area contributed by atoms with Gasteiger partial charge in [-0.1, -0.05) is 6.07 Å². The fourth-order valence-corrected chi connectivity index (χ4v) is 2.05. The van der Waals surface area contributed by atoms with Crippen molar-refractivity contribution in [2.24, 2.45) is 0 Å². The number of nitrogens with zero attached hydrogens (tertiary/aromatic N) is 2. The Hall–Kier alpha value is -2.08. The van der Waals surface area contributed by atoms with Crippen LogP contribution in [0.25, 0.3) is 0 Å². The lowest BCUT2D eigenvalue weighted by atomic mass is 10.1. The second-order valence-corrected chi connectivity index (χ2v) is 4.61. The van der Waals surface area contributed by atoms with Gasteiger partial charge in [0.25, 0.3) is 5.91 Å². The summed E-state index contributed by atoms with van der Waals surface area (Å²) in [6.07, 6.45) is -1.14. The first-order chi connectivity index (χ1) is 9.06. The number of carbonyl (C=O) groups is 2. The van der Waals surface area contributed by atoms with Crippen LogP contribution in [-0.2, 0) is 0 Å². The Morgan fingerprint density at radius 1 is 1.21 bits per heavy atom. The third-order valence-corrected chi connectivity index (χ3v) is 3.15. The van der Waals surface area contributed by atoms with Crippen molar-refractivity contribution < 1.29 is 14.7 Å². The van der Waals surface area contributed by atoms with Crippen LogP contribution in [0.1, 0.15) is 10.4 Å². The van der Waals surface area contributed by atoms with Crippen molar-refractivity contribution in [1.82, 2.24) is 9.80 Å². The van der Waals surface area contributed by atoms with Crippen LogP contribution in [0.2, 0.25) is 0 Å². The zero-order chi connectivity index (χ0) is 13.8. The summed E-state index contributed by atoms with van der Waals surface area (Å²) in [6, 6.07) is 6.56. The van der Waals surface area contributed by atoms with Gasteiger partial charge in [-0.25, -0.2) is 4.79 Å². The first-order valence-corrected chi connectivity index (χ1v) is 6.14. The van der Waals surface area contributed by atoms with Gasteiger partial charge in [0, 0.05) is 37.4 Å². The van der Waals surface area contributed by atoms with E-state index in [-0.39, 0.29) is 5.91 Å². The van der Waals surface area contributed by atoms with E-state index in [4.69, 9.17) is 5.11 Å². The van der Waals surface area contributed by atoms with Crippen molar-refractivity contribution in [2.75, 3.05) is 38.5 Å². The first kappa shape index (κ1) is 13.4. The molecule has 6 nitrogen and oxygen atoms in total. The lowest BCUT2D eigenvalue weighted by molar-refractivity contribution is 0.0664. The highest BCUT2D eigenvalue weighted by Gasteiger charge is 2.20. The fraction of sp³-hybridized carbons (Fsp3) is 0.385. The molecule has 2 rings (SSSR count). The lowest BCUT2D eigenvalue weighted by Crippen LogP contribution is -2.47. The standard InChI is InChI=1S/C13H17N3O3/c1-15-5-7-16(8-6-15)12(17)10-3-2-4-11(9-10)14-13(18)19/h2-4,9,14H,5-8H2,1H3,(H,18,19). The predicted octanol–water partition coefficient (Wildman–Crippen LogP) is 1.16. The summed E-state index contributed by atoms with van der Waals surface area (Å²) in [5, 5.41) is 10.9. The van der Waals surface area contributed by atoms with E-state index in [1.54, 1.807) is 29.2 Å². The Morgan fingerprint density at radius 2 is 1.89 bits per heavy atom. The van der Waals surface area contributed by atoms with Gasteiger partial charge < -0.3 is 14.9 Å². The Balaban J connectivity index is 2.08. The van der Waals surface area contributed by atoms with Gasteiger partial charge in [0.2, 0.25) is 0 Å². The third kappa shape index (κ3) is 3.45. The number of carboxylic acid groups (broad SMARTS) is 1. The van der Waals surface area contributed by atoms with E-state index >= 15 is 0 Å². The van der Waals surface area contributed by atoms with Crippen LogP contribution in [-0.4, -0.2) is 60.1 Å². The minimum absolute atomic E-state index is 0.0536. The normalized spacial score (nSPS) is 16.2. The summed E-state index contributed by atoms with van der Waals surface area (Å²) < 4.78 is 0. The molecule has 0 radical (unpaired) electrons. The van der Waals surface area contributed by atoms with Crippen LogP contribution in [0, 0.1) is 0 Å². The summed E-state index contributed by atoms with van der Waals surface area (Å²) in [6.45, 7) is 3.12. The van der Waals surface area contributed by atoms with Crippen molar-refractivity contribution in [3.63, 3.8) is 0 Å². The maximum absolute atomic E-state index is 12.3. The average molecular weight is 263 g/mol. The van der Waals surface area contributed by atoms with Gasteiger partial charge in [0.05, 0.1) is 0 Å². The van der Waals surface area contributed by atoms with Gasteiger partial charge in [-0.05, 0) is 25.2 Å². The van der Waals surface area contributed by atoms with Crippen molar-refractivity contribution in [3.8, 4) is 0 Å². The van der Waals surface area contributed by atoms with E-state index in [1.807, 2.05) is 7.05 Å². The van der Waals surface area contributed by atoms with Crippen LogP contribution < -0.4 is 5.32 Å². The summed E-state index contributed by atoms with van der Waals surface area (Å²) in [5.74, 6) is -0.0536. The molecule has 0 aromatic heterocycles. The van der Waals surface area contributed by atoms with Crippen molar-refractivity contribution in [2.45, 2.75) is 0 Å². The number of benzene rings is 1. The smallest absolute Gasteiger partial charge is 0.409 e. The van der Waals surface area contributed by atoms with E-state index in [9.17, 15) is 9.59 Å². The molecule has 6 heteroatoms. The summed E-state index contributed by atoms with van der Waals surface area (Å²) in [4.78, 5) is 26.8. The molecule has 1 saturated heterocycles. The quantitative estimate of drug-likeness (QED) is 0.840. The van der Waals surface area contributed by atoms with Crippen molar-refractivity contribution in [1.29, 1.82) is 0 Å². The zero-order valence-corrected chi connectivity index (χ0v) is 10.8. The number of hydrogen-bond acceptors (Lipinski definition) is 3. The Kier molecular flexibility index (Phi) is 4.01. The largest absolute Gasteiger partial charge is 0.465 e. The van der Waals surface area contributed by atoms with Gasteiger partial charge >= 0.3 is 6.09 Å². The topological polar surface area (TPSA) is 72.9 Å². The van der Waals surface area contributed by atoms with Crippen LogP contribution in [0.3, 0.4) is 0 Å². The number of anilines is 1. The summed E-state index contributed by atoms with van der Waals surface area (Å²) in [7, 11) is 2.03. The summed E-state index contributed by atoms with van der Waals surface area (Å²) in [5.41, 5.74) is 0.920. The number of likely N-dealkylation sites (N-methyl/N-ethyl adjacent to an activating group) is 1. The number of carbonyl (C=O) groups excluding carboxylic acids is 1. The molecule has 1 aliphatic heterocycles. The molecule has 0 aliphatic carbocycles. The van der Waals surface area contributed by atoms with Gasteiger partial charge in [0.1, 0.15) is 0 Å². The molecule has 1 aromatic rings. The molecule has 0 atom stereocenters. The number of hydrogen-bond donors (Lipinski definition) is 2. The molecule has 2 N–H and O–H groups in total. The molecule has 0 saturated carbocycles. The second-order valence-electron chi connectivity index (χ2n) is 4.61. The van der Waals surface area contributed by atoms with Crippen molar-refractivity contribution in [3.05, 3.63) is 29.8 Å². The minimum atomic E-state index is -1.14. The molecule has 0 unspecified atom stereocenters. The highest BCUT2D eigenvalue weighted by Crippen LogP contribution is 2.14. The minimum Gasteiger partial charge on any atom is -0.465 e. The molecule has 1 heterocycles. The van der Waals surface area contributed by atoms with Crippen LogP contribution >= 0.6 is 0 Å². The maximum Gasteiger partial charge on any atom is 0.409 e. The highest BCUT2D eigenvalue weighted by molar-refractivity contribution is 5.96. The maximum atomic E-state index is 12.3. The van der Waals surface area contributed by atoms with Crippen LogP contribution in [0.4, 0.5) is 10.5 Å². The number of nitrogens with one attached hydrogen (secondary N) is 1. The predicted molar refractivity (Wildman–Crippen MR) is 71.5 cm³/mol. The van der Waals surface area contributed by atoms with Gasteiger partial charge in [0.15, 0.2) is 0 Å². The van der Waals surface area contributed by atoms with Crippen LogP contribution in [0.5, 0.6) is 0 Å². The molecule has 1 fully saturated rings.